The lowest BCUT2D eigenvalue weighted by molar-refractivity contribution is -0.121. The first kappa shape index (κ1) is 34.2. The van der Waals surface area contributed by atoms with Crippen LogP contribution in [0.3, 0.4) is 0 Å². The highest BCUT2D eigenvalue weighted by molar-refractivity contribution is 7.86. The number of rotatable bonds is 15. The van der Waals surface area contributed by atoms with Crippen LogP contribution in [0.2, 0.25) is 0 Å². The number of benzene rings is 2. The van der Waals surface area contributed by atoms with Crippen molar-refractivity contribution < 1.29 is 26.8 Å². The number of aryl methyl sites for hydroxylation is 2. The fourth-order valence-electron chi connectivity index (χ4n) is 6.05. The number of hydrogen-bond acceptors (Lipinski definition) is 11. The number of anilines is 2. The normalized spacial score (nSPS) is 17.0. The lowest BCUT2D eigenvalue weighted by Gasteiger charge is -2.48. The van der Waals surface area contributed by atoms with E-state index in [2.05, 4.69) is 45.1 Å². The molecule has 0 radical (unpaired) electrons. The lowest BCUT2D eigenvalue weighted by Crippen LogP contribution is -2.57. The van der Waals surface area contributed by atoms with Crippen molar-refractivity contribution in [1.82, 2.24) is 15.1 Å². The van der Waals surface area contributed by atoms with Crippen LogP contribution in [0.4, 0.5) is 11.5 Å². The molecule has 0 amide bonds. The molecular formula is C34H47N5O6S. The van der Waals surface area contributed by atoms with E-state index in [1.54, 1.807) is 24.3 Å². The third-order valence-electron chi connectivity index (χ3n) is 8.73. The molecule has 2 aromatic carbocycles. The molecule has 12 heteroatoms. The summed E-state index contributed by atoms with van der Waals surface area (Å²) in [7, 11) is -3.76. The zero-order valence-electron chi connectivity index (χ0n) is 27.0. The SMILES string of the molecule is Cc1ccc(S(=O)(=O)OCCOCCOCCCCN2CCOC3(CCN(c4cc(-c5ccccc5C)nnc4N)CC3)C2)cc1. The van der Waals surface area contributed by atoms with E-state index in [0.29, 0.717) is 25.6 Å². The molecule has 250 valence electrons. The summed E-state index contributed by atoms with van der Waals surface area (Å²) in [5, 5.41) is 8.66. The molecule has 1 aromatic heterocycles. The average Bonchev–Trinajstić information content (AvgIpc) is 3.05. The van der Waals surface area contributed by atoms with Crippen LogP contribution >= 0.6 is 0 Å². The maximum Gasteiger partial charge on any atom is 0.297 e. The van der Waals surface area contributed by atoms with E-state index in [1.807, 2.05) is 19.1 Å². The van der Waals surface area contributed by atoms with Crippen LogP contribution in [0.15, 0.2) is 59.5 Å². The maximum absolute atomic E-state index is 12.2. The number of nitrogens with zero attached hydrogens (tertiary/aromatic N) is 4. The van der Waals surface area contributed by atoms with Crippen molar-refractivity contribution in [3.05, 3.63) is 65.7 Å². The van der Waals surface area contributed by atoms with Crippen LogP contribution in [-0.4, -0.2) is 101 Å². The first-order valence-electron chi connectivity index (χ1n) is 16.2. The third kappa shape index (κ3) is 9.24. The van der Waals surface area contributed by atoms with Crippen LogP contribution in [0.1, 0.15) is 36.8 Å². The number of hydrogen-bond donors (Lipinski definition) is 1. The Hall–Kier alpha value is -3.13. The summed E-state index contributed by atoms with van der Waals surface area (Å²) >= 11 is 0. The Morgan fingerprint density at radius 1 is 0.891 bits per heavy atom. The van der Waals surface area contributed by atoms with Gasteiger partial charge in [-0.1, -0.05) is 42.0 Å². The Kier molecular flexibility index (Phi) is 12.0. The molecule has 46 heavy (non-hydrogen) atoms. The molecule has 0 saturated carbocycles. The molecule has 0 aliphatic carbocycles. The molecule has 2 fully saturated rings. The minimum Gasteiger partial charge on any atom is -0.380 e. The van der Waals surface area contributed by atoms with Crippen LogP contribution in [0.25, 0.3) is 11.3 Å². The van der Waals surface area contributed by atoms with Crippen molar-refractivity contribution in [1.29, 1.82) is 0 Å². The summed E-state index contributed by atoms with van der Waals surface area (Å²) in [6, 6.07) is 16.8. The zero-order valence-corrected chi connectivity index (χ0v) is 27.8. The molecule has 3 aromatic rings. The second kappa shape index (κ2) is 16.1. The Morgan fingerprint density at radius 2 is 1.61 bits per heavy atom. The van der Waals surface area contributed by atoms with E-state index < -0.39 is 10.1 Å². The van der Waals surface area contributed by atoms with Gasteiger partial charge in [-0.3, -0.25) is 9.08 Å². The van der Waals surface area contributed by atoms with E-state index in [0.717, 1.165) is 93.1 Å². The van der Waals surface area contributed by atoms with Gasteiger partial charge in [0.25, 0.3) is 10.1 Å². The van der Waals surface area contributed by atoms with Gasteiger partial charge in [0.15, 0.2) is 5.82 Å². The monoisotopic (exact) mass is 653 g/mol. The predicted molar refractivity (Wildman–Crippen MR) is 178 cm³/mol. The molecule has 1 spiro atoms. The van der Waals surface area contributed by atoms with Crippen LogP contribution in [-0.2, 0) is 28.5 Å². The van der Waals surface area contributed by atoms with Gasteiger partial charge in [0, 0.05) is 38.3 Å². The third-order valence-corrected chi connectivity index (χ3v) is 10.1. The predicted octanol–water partition coefficient (Wildman–Crippen LogP) is 4.23. The summed E-state index contributed by atoms with van der Waals surface area (Å²) in [5.41, 5.74) is 11.2. The highest BCUT2D eigenvalue weighted by Gasteiger charge is 2.40. The number of ether oxygens (including phenoxy) is 3. The second-order valence-corrected chi connectivity index (χ2v) is 13.7. The summed E-state index contributed by atoms with van der Waals surface area (Å²) in [5.74, 6) is 0.464. The molecule has 0 atom stereocenters. The first-order valence-corrected chi connectivity index (χ1v) is 17.6. The van der Waals surface area contributed by atoms with E-state index in [9.17, 15) is 8.42 Å². The highest BCUT2D eigenvalue weighted by atomic mass is 32.2. The number of nitrogen functional groups attached to an aromatic ring is 1. The average molecular weight is 654 g/mol. The van der Waals surface area contributed by atoms with Gasteiger partial charge in [-0.05, 0) is 69.8 Å². The fraction of sp³-hybridized carbons (Fsp3) is 0.529. The molecule has 2 saturated heterocycles. The number of aromatic nitrogens is 2. The minimum atomic E-state index is -3.76. The largest absolute Gasteiger partial charge is 0.380 e. The molecule has 0 bridgehead atoms. The molecule has 2 aliphatic rings. The quantitative estimate of drug-likeness (QED) is 0.187. The van der Waals surface area contributed by atoms with Crippen molar-refractivity contribution >= 4 is 21.6 Å². The van der Waals surface area contributed by atoms with Crippen molar-refractivity contribution in [2.75, 3.05) is 83.0 Å². The van der Waals surface area contributed by atoms with E-state index in [1.165, 1.54) is 0 Å². The van der Waals surface area contributed by atoms with Gasteiger partial charge < -0.3 is 24.8 Å². The Labute approximate surface area is 273 Å². The fourth-order valence-corrected chi connectivity index (χ4v) is 6.94. The molecule has 0 unspecified atom stereocenters. The van der Waals surface area contributed by atoms with E-state index in [-0.39, 0.29) is 23.7 Å². The summed E-state index contributed by atoms with van der Waals surface area (Å²) in [4.78, 5) is 4.99. The second-order valence-electron chi connectivity index (χ2n) is 12.1. The van der Waals surface area contributed by atoms with Gasteiger partial charge in [-0.2, -0.15) is 8.42 Å². The van der Waals surface area contributed by atoms with Crippen molar-refractivity contribution in [2.45, 2.75) is 50.0 Å². The molecule has 2 N–H and O–H groups in total. The van der Waals surface area contributed by atoms with Crippen molar-refractivity contribution in [3.8, 4) is 11.3 Å². The van der Waals surface area contributed by atoms with Gasteiger partial charge in [-0.15, -0.1) is 10.2 Å². The first-order chi connectivity index (χ1) is 22.2. The van der Waals surface area contributed by atoms with Gasteiger partial charge >= 0.3 is 0 Å². The Bertz CT molecular complexity index is 1510. The molecule has 3 heterocycles. The number of morpholine rings is 1. The summed E-state index contributed by atoms with van der Waals surface area (Å²) in [6.45, 7) is 11.0. The van der Waals surface area contributed by atoms with Crippen LogP contribution in [0, 0.1) is 13.8 Å². The maximum atomic E-state index is 12.2. The topological polar surface area (TPSA) is 129 Å². The van der Waals surface area contributed by atoms with E-state index >= 15 is 0 Å². The molecule has 2 aliphatic heterocycles. The highest BCUT2D eigenvalue weighted by Crippen LogP contribution is 2.35. The molecule has 11 nitrogen and oxygen atoms in total. The van der Waals surface area contributed by atoms with Crippen LogP contribution < -0.4 is 10.6 Å². The van der Waals surface area contributed by atoms with Gasteiger partial charge in [-0.25, -0.2) is 0 Å². The van der Waals surface area contributed by atoms with Crippen LogP contribution in [0.5, 0.6) is 0 Å². The van der Waals surface area contributed by atoms with Gasteiger partial charge in [0.2, 0.25) is 0 Å². The minimum absolute atomic E-state index is 0.0286. The van der Waals surface area contributed by atoms with E-state index in [4.69, 9.17) is 24.1 Å². The summed E-state index contributed by atoms with van der Waals surface area (Å²) < 4.78 is 47.0. The number of unbranched alkanes of at least 4 members (excludes halogenated alkanes) is 1. The lowest BCUT2D eigenvalue weighted by atomic mass is 9.89. The molecular weight excluding hydrogens is 606 g/mol. The number of piperidine rings is 1. The number of nitrogens with two attached hydrogens (primary N) is 1. The smallest absolute Gasteiger partial charge is 0.297 e. The van der Waals surface area contributed by atoms with Gasteiger partial charge in [0.05, 0.1) is 54.9 Å². The zero-order chi connectivity index (χ0) is 32.4. The summed E-state index contributed by atoms with van der Waals surface area (Å²) in [6.07, 6.45) is 3.90. The Balaban J connectivity index is 0.948. The standard InChI is InChI=1S/C34H47N5O6S/c1-27-9-11-29(12-10-27)46(40,41)45-24-23-43-22-21-42-19-6-5-15-38-18-20-44-34(26-38)13-16-39(17-14-34)32-25-31(36-37-33(32)35)30-8-4-3-7-28(30)2/h3-4,7-12,25H,5-6,13-24,26H2,1-2H3,(H2,35,37). The Morgan fingerprint density at radius 3 is 2.37 bits per heavy atom. The molecule has 5 rings (SSSR count). The van der Waals surface area contributed by atoms with Crippen molar-refractivity contribution in [2.24, 2.45) is 0 Å². The van der Waals surface area contributed by atoms with Crippen molar-refractivity contribution in [3.63, 3.8) is 0 Å². The van der Waals surface area contributed by atoms with Gasteiger partial charge in [0.1, 0.15) is 0 Å².